The van der Waals surface area contributed by atoms with Crippen molar-refractivity contribution in [2.75, 3.05) is 5.32 Å². The Morgan fingerprint density at radius 2 is 1.85 bits per heavy atom. The lowest BCUT2D eigenvalue weighted by atomic mass is 10.1. The molecular formula is C13H9F2IN2O2. The number of anilines is 2. The van der Waals surface area contributed by atoms with E-state index in [2.05, 4.69) is 5.32 Å². The predicted molar refractivity (Wildman–Crippen MR) is 78.1 cm³/mol. The van der Waals surface area contributed by atoms with E-state index in [4.69, 9.17) is 5.21 Å². The molecule has 0 aliphatic rings. The molecule has 104 valence electrons. The van der Waals surface area contributed by atoms with E-state index in [9.17, 15) is 13.6 Å². The van der Waals surface area contributed by atoms with Crippen molar-refractivity contribution in [3.05, 3.63) is 57.2 Å². The number of hydrogen-bond acceptors (Lipinski definition) is 3. The highest BCUT2D eigenvalue weighted by atomic mass is 127. The van der Waals surface area contributed by atoms with Crippen molar-refractivity contribution >= 4 is 39.9 Å². The molecule has 0 fully saturated rings. The Labute approximate surface area is 126 Å². The highest BCUT2D eigenvalue weighted by Gasteiger charge is 2.13. The van der Waals surface area contributed by atoms with Crippen LogP contribution in [0.15, 0.2) is 36.4 Å². The molecule has 0 atom stereocenters. The third kappa shape index (κ3) is 3.23. The first kappa shape index (κ1) is 14.7. The van der Waals surface area contributed by atoms with Crippen LogP contribution in [0.1, 0.15) is 10.4 Å². The molecule has 2 aromatic rings. The second-order valence-electron chi connectivity index (χ2n) is 3.88. The molecule has 20 heavy (non-hydrogen) atoms. The third-order valence-electron chi connectivity index (χ3n) is 2.53. The maximum atomic E-state index is 13.7. The van der Waals surface area contributed by atoms with Crippen molar-refractivity contribution in [2.24, 2.45) is 0 Å². The average Bonchev–Trinajstić information content (AvgIpc) is 2.41. The topological polar surface area (TPSA) is 61.4 Å². The summed E-state index contributed by atoms with van der Waals surface area (Å²) < 4.78 is 27.7. The van der Waals surface area contributed by atoms with Crippen molar-refractivity contribution in [1.82, 2.24) is 5.48 Å². The van der Waals surface area contributed by atoms with Crippen molar-refractivity contribution in [1.29, 1.82) is 0 Å². The minimum absolute atomic E-state index is 0.00755. The van der Waals surface area contributed by atoms with Crippen LogP contribution >= 0.6 is 22.6 Å². The zero-order valence-electron chi connectivity index (χ0n) is 9.95. The molecule has 0 aromatic heterocycles. The zero-order chi connectivity index (χ0) is 14.7. The highest BCUT2D eigenvalue weighted by molar-refractivity contribution is 14.1. The number of benzene rings is 2. The van der Waals surface area contributed by atoms with Gasteiger partial charge in [0.05, 0.1) is 16.9 Å². The molecule has 0 bridgehead atoms. The summed E-state index contributed by atoms with van der Waals surface area (Å²) in [5.74, 6) is -1.94. The molecule has 0 heterocycles. The van der Waals surface area contributed by atoms with Gasteiger partial charge in [-0.3, -0.25) is 10.0 Å². The Bertz CT molecular complexity index is 665. The van der Waals surface area contributed by atoms with E-state index >= 15 is 0 Å². The fourth-order valence-corrected chi connectivity index (χ4v) is 2.07. The summed E-state index contributed by atoms with van der Waals surface area (Å²) in [6, 6.07) is 7.74. The van der Waals surface area contributed by atoms with Crippen LogP contribution in [0.2, 0.25) is 0 Å². The Morgan fingerprint density at radius 3 is 2.50 bits per heavy atom. The first-order valence-corrected chi connectivity index (χ1v) is 6.55. The van der Waals surface area contributed by atoms with E-state index in [0.717, 1.165) is 12.1 Å². The van der Waals surface area contributed by atoms with Crippen LogP contribution in [0, 0.1) is 15.2 Å². The van der Waals surface area contributed by atoms with Gasteiger partial charge < -0.3 is 5.32 Å². The number of nitrogens with one attached hydrogen (secondary N) is 2. The minimum Gasteiger partial charge on any atom is -0.352 e. The smallest absolute Gasteiger partial charge is 0.276 e. The minimum atomic E-state index is -0.821. The lowest BCUT2D eigenvalue weighted by Gasteiger charge is -2.12. The Kier molecular flexibility index (Phi) is 4.50. The Hall–Kier alpha value is -1.74. The van der Waals surface area contributed by atoms with Gasteiger partial charge in [-0.05, 0) is 59.0 Å². The van der Waals surface area contributed by atoms with Gasteiger partial charge in [0, 0.05) is 3.57 Å². The number of halogens is 3. The lowest BCUT2D eigenvalue weighted by molar-refractivity contribution is 0.0707. The van der Waals surface area contributed by atoms with E-state index in [1.54, 1.807) is 6.07 Å². The third-order valence-corrected chi connectivity index (χ3v) is 3.20. The first-order chi connectivity index (χ1) is 9.51. The van der Waals surface area contributed by atoms with E-state index in [-0.39, 0.29) is 16.9 Å². The predicted octanol–water partition coefficient (Wildman–Crippen LogP) is 3.43. The standard InChI is InChI=1S/C13H9F2IN2O2/c14-7-1-3-9(13(19)18-20)12(5-7)17-11-4-2-8(16)6-10(11)15/h1-6,17,20H,(H,18,19). The molecule has 0 aliphatic carbocycles. The van der Waals surface area contributed by atoms with Crippen molar-refractivity contribution < 1.29 is 18.8 Å². The van der Waals surface area contributed by atoms with Gasteiger partial charge in [-0.25, -0.2) is 14.3 Å². The van der Waals surface area contributed by atoms with Crippen LogP contribution in [-0.4, -0.2) is 11.1 Å². The van der Waals surface area contributed by atoms with Gasteiger partial charge in [0.1, 0.15) is 11.6 Å². The molecular weight excluding hydrogens is 381 g/mol. The largest absolute Gasteiger partial charge is 0.352 e. The summed E-state index contributed by atoms with van der Waals surface area (Å²) >= 11 is 1.96. The van der Waals surface area contributed by atoms with Gasteiger partial charge in [-0.2, -0.15) is 0 Å². The number of hydroxylamine groups is 1. The molecule has 3 N–H and O–H groups in total. The summed E-state index contributed by atoms with van der Waals surface area (Å²) in [5, 5.41) is 11.3. The fourth-order valence-electron chi connectivity index (χ4n) is 1.61. The van der Waals surface area contributed by atoms with Gasteiger partial charge >= 0.3 is 0 Å². The van der Waals surface area contributed by atoms with Crippen LogP contribution in [-0.2, 0) is 0 Å². The molecule has 7 heteroatoms. The van der Waals surface area contributed by atoms with E-state index < -0.39 is 17.5 Å². The van der Waals surface area contributed by atoms with Crippen LogP contribution in [0.3, 0.4) is 0 Å². The van der Waals surface area contributed by atoms with Crippen molar-refractivity contribution in [3.63, 3.8) is 0 Å². The van der Waals surface area contributed by atoms with Crippen molar-refractivity contribution in [3.8, 4) is 0 Å². The number of amides is 1. The van der Waals surface area contributed by atoms with Crippen LogP contribution in [0.25, 0.3) is 0 Å². The quantitative estimate of drug-likeness (QED) is 0.428. The molecule has 0 saturated heterocycles. The molecule has 1 amide bonds. The second-order valence-corrected chi connectivity index (χ2v) is 5.13. The van der Waals surface area contributed by atoms with Gasteiger partial charge in [0.25, 0.3) is 5.91 Å². The number of rotatable bonds is 3. The monoisotopic (exact) mass is 390 g/mol. The Morgan fingerprint density at radius 1 is 1.10 bits per heavy atom. The summed E-state index contributed by atoms with van der Waals surface area (Å²) in [7, 11) is 0. The number of carbonyl (C=O) groups excluding carboxylic acids is 1. The second kappa shape index (κ2) is 6.14. The zero-order valence-corrected chi connectivity index (χ0v) is 12.1. The van der Waals surface area contributed by atoms with Crippen LogP contribution in [0.5, 0.6) is 0 Å². The molecule has 2 rings (SSSR count). The fraction of sp³-hybridized carbons (Fsp3) is 0. The molecule has 2 aromatic carbocycles. The normalized spacial score (nSPS) is 10.2. The van der Waals surface area contributed by atoms with Gasteiger partial charge in [0.2, 0.25) is 0 Å². The molecule has 0 radical (unpaired) electrons. The molecule has 0 saturated carbocycles. The molecule has 4 nitrogen and oxygen atoms in total. The van der Waals surface area contributed by atoms with Crippen molar-refractivity contribution in [2.45, 2.75) is 0 Å². The van der Waals surface area contributed by atoms with E-state index in [1.807, 2.05) is 22.6 Å². The number of carbonyl (C=O) groups is 1. The maximum absolute atomic E-state index is 13.7. The van der Waals surface area contributed by atoms with E-state index in [1.165, 1.54) is 23.7 Å². The average molecular weight is 390 g/mol. The summed E-state index contributed by atoms with van der Waals surface area (Å²) in [5.41, 5.74) is 1.60. The highest BCUT2D eigenvalue weighted by Crippen LogP contribution is 2.25. The molecule has 0 unspecified atom stereocenters. The van der Waals surface area contributed by atoms with Gasteiger partial charge in [0.15, 0.2) is 0 Å². The van der Waals surface area contributed by atoms with Gasteiger partial charge in [-0.15, -0.1) is 0 Å². The Balaban J connectivity index is 2.41. The lowest BCUT2D eigenvalue weighted by Crippen LogP contribution is -2.20. The molecule has 0 spiro atoms. The molecule has 0 aliphatic heterocycles. The summed E-state index contributed by atoms with van der Waals surface area (Å²) in [4.78, 5) is 11.5. The summed E-state index contributed by atoms with van der Waals surface area (Å²) in [6.45, 7) is 0. The first-order valence-electron chi connectivity index (χ1n) is 5.47. The maximum Gasteiger partial charge on any atom is 0.276 e. The van der Waals surface area contributed by atoms with E-state index in [0.29, 0.717) is 3.57 Å². The SMILES string of the molecule is O=C(NO)c1ccc(F)cc1Nc1ccc(I)cc1F. The van der Waals surface area contributed by atoms with Gasteiger partial charge in [-0.1, -0.05) is 0 Å². The summed E-state index contributed by atoms with van der Waals surface area (Å²) in [6.07, 6.45) is 0. The van der Waals surface area contributed by atoms with Crippen LogP contribution < -0.4 is 10.8 Å². The van der Waals surface area contributed by atoms with Crippen LogP contribution in [0.4, 0.5) is 20.2 Å². The number of hydrogen-bond donors (Lipinski definition) is 3.